The molecule has 1 atom stereocenters. The first-order valence-corrected chi connectivity index (χ1v) is 9.50. The average Bonchev–Trinajstić information content (AvgIpc) is 2.87. The van der Waals surface area contributed by atoms with E-state index in [-0.39, 0.29) is 6.04 Å². The van der Waals surface area contributed by atoms with Gasteiger partial charge in [0.2, 0.25) is 0 Å². The molecule has 1 aromatic heterocycles. The molecule has 0 saturated carbocycles. The van der Waals surface area contributed by atoms with Gasteiger partial charge in [-0.15, -0.1) is 0 Å². The van der Waals surface area contributed by atoms with Crippen LogP contribution in [0.4, 0.5) is 0 Å². The molecule has 0 saturated heterocycles. The number of nitrogens with two attached hydrogens (primary N) is 1. The van der Waals surface area contributed by atoms with Crippen LogP contribution in [0.25, 0.3) is 0 Å². The highest BCUT2D eigenvalue weighted by Crippen LogP contribution is 2.18. The molecule has 3 N–H and O–H groups in total. The van der Waals surface area contributed by atoms with E-state index in [1.54, 1.807) is 0 Å². The van der Waals surface area contributed by atoms with Gasteiger partial charge in [0.1, 0.15) is 5.82 Å². The van der Waals surface area contributed by atoms with Gasteiger partial charge in [-0.1, -0.05) is 71.6 Å². The van der Waals surface area contributed by atoms with Gasteiger partial charge in [-0.3, -0.25) is 0 Å². The number of hydrogen-bond acceptors (Lipinski definition) is 2. The summed E-state index contributed by atoms with van der Waals surface area (Å²) in [7, 11) is 0. The van der Waals surface area contributed by atoms with Gasteiger partial charge in [0.05, 0.1) is 5.69 Å². The van der Waals surface area contributed by atoms with E-state index in [0.29, 0.717) is 0 Å². The lowest BCUT2D eigenvalue weighted by Gasteiger charge is -2.07. The van der Waals surface area contributed by atoms with E-state index < -0.39 is 0 Å². The highest BCUT2D eigenvalue weighted by Gasteiger charge is 2.13. The van der Waals surface area contributed by atoms with E-state index in [9.17, 15) is 0 Å². The van der Waals surface area contributed by atoms with Crippen molar-refractivity contribution >= 4 is 0 Å². The van der Waals surface area contributed by atoms with Gasteiger partial charge in [0, 0.05) is 18.2 Å². The molecule has 3 nitrogen and oxygen atoms in total. The predicted octanol–water partition coefficient (Wildman–Crippen LogP) is 5.59. The standard InChI is InChI=1S/C19H37N3/c1-4-6-7-8-9-10-11-12-13-15-18-21-16(3)19(22-18)17(20)14-5-2/h17H,4-15,20H2,1-3H3,(H,21,22). The number of aromatic amines is 1. The minimum absolute atomic E-state index is 0.0955. The number of hydrogen-bond donors (Lipinski definition) is 2. The molecule has 0 radical (unpaired) electrons. The predicted molar refractivity (Wildman–Crippen MR) is 96.1 cm³/mol. The van der Waals surface area contributed by atoms with Crippen LogP contribution in [0.5, 0.6) is 0 Å². The van der Waals surface area contributed by atoms with Crippen LogP contribution in [-0.2, 0) is 6.42 Å². The number of H-pyrrole nitrogens is 1. The van der Waals surface area contributed by atoms with Crippen LogP contribution >= 0.6 is 0 Å². The monoisotopic (exact) mass is 307 g/mol. The Labute approximate surface area is 137 Å². The Balaban J connectivity index is 2.14. The first-order chi connectivity index (χ1) is 10.7. The number of aryl methyl sites for hydroxylation is 2. The maximum atomic E-state index is 6.18. The quantitative estimate of drug-likeness (QED) is 0.467. The fourth-order valence-corrected chi connectivity index (χ4v) is 3.07. The third-order valence-corrected chi connectivity index (χ3v) is 4.44. The molecule has 3 heteroatoms. The number of nitrogens with one attached hydrogen (secondary N) is 1. The molecule has 0 fully saturated rings. The molecular weight excluding hydrogens is 270 g/mol. The fourth-order valence-electron chi connectivity index (χ4n) is 3.07. The molecule has 0 spiro atoms. The lowest BCUT2D eigenvalue weighted by molar-refractivity contribution is 0.562. The van der Waals surface area contributed by atoms with Gasteiger partial charge in [-0.25, -0.2) is 4.98 Å². The van der Waals surface area contributed by atoms with Crippen LogP contribution in [0.2, 0.25) is 0 Å². The summed E-state index contributed by atoms with van der Waals surface area (Å²) in [6, 6.07) is 0.0955. The number of nitrogens with zero attached hydrogens (tertiary/aromatic N) is 1. The SMILES string of the molecule is CCCCCCCCCCCc1nc(C(N)CCC)c(C)[nH]1. The summed E-state index contributed by atoms with van der Waals surface area (Å²) < 4.78 is 0. The molecule has 0 aliphatic carbocycles. The number of imidazole rings is 1. The van der Waals surface area contributed by atoms with Gasteiger partial charge in [-0.05, 0) is 19.8 Å². The van der Waals surface area contributed by atoms with Crippen molar-refractivity contribution in [2.24, 2.45) is 5.73 Å². The van der Waals surface area contributed by atoms with Gasteiger partial charge in [-0.2, -0.15) is 0 Å². The third-order valence-electron chi connectivity index (χ3n) is 4.44. The molecule has 128 valence electrons. The summed E-state index contributed by atoms with van der Waals surface area (Å²) in [5, 5.41) is 0. The van der Waals surface area contributed by atoms with E-state index in [2.05, 4.69) is 25.8 Å². The van der Waals surface area contributed by atoms with E-state index >= 15 is 0 Å². The Morgan fingerprint density at radius 3 is 2.09 bits per heavy atom. The van der Waals surface area contributed by atoms with Gasteiger partial charge in [0.25, 0.3) is 0 Å². The van der Waals surface area contributed by atoms with Crippen molar-refractivity contribution in [1.82, 2.24) is 9.97 Å². The summed E-state index contributed by atoms with van der Waals surface area (Å²) in [6.07, 6.45) is 15.5. The third kappa shape index (κ3) is 7.44. The van der Waals surface area contributed by atoms with Crippen molar-refractivity contribution in [2.75, 3.05) is 0 Å². The zero-order valence-corrected chi connectivity index (χ0v) is 15.1. The molecule has 0 aliphatic rings. The van der Waals surface area contributed by atoms with E-state index in [4.69, 9.17) is 10.7 Å². The Bertz CT molecular complexity index is 384. The Morgan fingerprint density at radius 1 is 0.909 bits per heavy atom. The molecule has 0 amide bonds. The van der Waals surface area contributed by atoms with Crippen LogP contribution in [0, 0.1) is 6.92 Å². The minimum atomic E-state index is 0.0955. The summed E-state index contributed by atoms with van der Waals surface area (Å²) in [4.78, 5) is 8.13. The van der Waals surface area contributed by atoms with Gasteiger partial charge < -0.3 is 10.7 Å². The maximum absolute atomic E-state index is 6.18. The largest absolute Gasteiger partial charge is 0.346 e. The summed E-state index contributed by atoms with van der Waals surface area (Å²) in [5.74, 6) is 1.13. The topological polar surface area (TPSA) is 54.7 Å². The molecule has 0 aliphatic heterocycles. The average molecular weight is 308 g/mol. The maximum Gasteiger partial charge on any atom is 0.106 e. The fraction of sp³-hybridized carbons (Fsp3) is 0.842. The molecule has 0 bridgehead atoms. The molecule has 1 heterocycles. The van der Waals surface area contributed by atoms with E-state index in [0.717, 1.165) is 36.5 Å². The molecule has 1 unspecified atom stereocenters. The molecular formula is C19H37N3. The lowest BCUT2D eigenvalue weighted by atomic mass is 10.1. The second-order valence-corrected chi connectivity index (χ2v) is 6.67. The van der Waals surface area contributed by atoms with Crippen LogP contribution in [0.3, 0.4) is 0 Å². The van der Waals surface area contributed by atoms with Crippen molar-refractivity contribution in [3.8, 4) is 0 Å². The normalized spacial score (nSPS) is 12.7. The molecule has 1 rings (SSSR count). The lowest BCUT2D eigenvalue weighted by Crippen LogP contribution is -2.11. The number of aromatic nitrogens is 2. The zero-order valence-electron chi connectivity index (χ0n) is 15.1. The van der Waals surface area contributed by atoms with E-state index in [1.807, 2.05) is 0 Å². The zero-order chi connectivity index (χ0) is 16.2. The Hall–Kier alpha value is -0.830. The summed E-state index contributed by atoms with van der Waals surface area (Å²) in [6.45, 7) is 6.54. The molecule has 1 aromatic rings. The van der Waals surface area contributed by atoms with Crippen LogP contribution in [-0.4, -0.2) is 9.97 Å². The first-order valence-electron chi connectivity index (χ1n) is 9.50. The Kier molecular flexibility index (Phi) is 10.2. The highest BCUT2D eigenvalue weighted by molar-refractivity contribution is 5.16. The number of rotatable bonds is 13. The molecule has 0 aromatic carbocycles. The first kappa shape index (κ1) is 19.2. The van der Waals surface area contributed by atoms with Gasteiger partial charge >= 0.3 is 0 Å². The minimum Gasteiger partial charge on any atom is -0.346 e. The summed E-state index contributed by atoms with van der Waals surface area (Å²) in [5.41, 5.74) is 8.42. The smallest absolute Gasteiger partial charge is 0.106 e. The summed E-state index contributed by atoms with van der Waals surface area (Å²) >= 11 is 0. The van der Waals surface area contributed by atoms with Crippen molar-refractivity contribution in [2.45, 2.75) is 104 Å². The number of unbranched alkanes of at least 4 members (excludes halogenated alkanes) is 8. The van der Waals surface area contributed by atoms with Crippen LogP contribution in [0.15, 0.2) is 0 Å². The second-order valence-electron chi connectivity index (χ2n) is 6.67. The van der Waals surface area contributed by atoms with Crippen molar-refractivity contribution < 1.29 is 0 Å². The van der Waals surface area contributed by atoms with Crippen LogP contribution in [0.1, 0.15) is 108 Å². The van der Waals surface area contributed by atoms with Gasteiger partial charge in [0.15, 0.2) is 0 Å². The molecule has 22 heavy (non-hydrogen) atoms. The Morgan fingerprint density at radius 2 is 1.50 bits per heavy atom. The van der Waals surface area contributed by atoms with Crippen LogP contribution < -0.4 is 5.73 Å². The van der Waals surface area contributed by atoms with Crippen molar-refractivity contribution in [3.63, 3.8) is 0 Å². The van der Waals surface area contributed by atoms with Crippen molar-refractivity contribution in [1.29, 1.82) is 0 Å². The second kappa shape index (κ2) is 11.7. The van der Waals surface area contributed by atoms with E-state index in [1.165, 1.54) is 57.8 Å². The highest BCUT2D eigenvalue weighted by atomic mass is 15.0. The van der Waals surface area contributed by atoms with Crippen molar-refractivity contribution in [3.05, 3.63) is 17.2 Å².